The maximum Gasteiger partial charge on any atom is 0.224 e. The molecule has 100 valence electrons. The lowest BCUT2D eigenvalue weighted by Gasteiger charge is -2.04. The van der Waals surface area contributed by atoms with Crippen molar-refractivity contribution in [3.63, 3.8) is 0 Å². The quantitative estimate of drug-likeness (QED) is 0.761. The van der Waals surface area contributed by atoms with Crippen molar-refractivity contribution in [3.05, 3.63) is 66.0 Å². The van der Waals surface area contributed by atoms with E-state index in [1.807, 2.05) is 48.7 Å². The smallest absolute Gasteiger partial charge is 0.224 e. The molecule has 0 atom stereocenters. The summed E-state index contributed by atoms with van der Waals surface area (Å²) in [4.78, 5) is 19.2. The van der Waals surface area contributed by atoms with E-state index in [-0.39, 0.29) is 5.91 Å². The minimum atomic E-state index is 0.0226. The largest absolute Gasteiger partial charge is 0.352 e. The Kier molecular flexibility index (Phi) is 3.46. The summed E-state index contributed by atoms with van der Waals surface area (Å²) < 4.78 is 0. The van der Waals surface area contributed by atoms with Crippen LogP contribution in [0.1, 0.15) is 11.1 Å². The zero-order chi connectivity index (χ0) is 13.8. The zero-order valence-corrected chi connectivity index (χ0v) is 11.0. The number of nitrogens with zero attached hydrogens (tertiary/aromatic N) is 1. The van der Waals surface area contributed by atoms with Crippen molar-refractivity contribution in [2.24, 2.45) is 0 Å². The van der Waals surface area contributed by atoms with Gasteiger partial charge in [0, 0.05) is 24.3 Å². The number of rotatable bonds is 4. The molecule has 2 aromatic heterocycles. The highest BCUT2D eigenvalue weighted by molar-refractivity contribution is 5.81. The van der Waals surface area contributed by atoms with Gasteiger partial charge in [0.05, 0.1) is 6.42 Å². The van der Waals surface area contributed by atoms with E-state index in [9.17, 15) is 4.79 Å². The van der Waals surface area contributed by atoms with Crippen LogP contribution in [0.25, 0.3) is 11.0 Å². The lowest BCUT2D eigenvalue weighted by Crippen LogP contribution is -2.24. The van der Waals surface area contributed by atoms with Crippen LogP contribution < -0.4 is 5.32 Å². The van der Waals surface area contributed by atoms with Gasteiger partial charge in [-0.05, 0) is 23.3 Å². The summed E-state index contributed by atoms with van der Waals surface area (Å²) in [5, 5.41) is 3.99. The fourth-order valence-electron chi connectivity index (χ4n) is 2.20. The van der Waals surface area contributed by atoms with Crippen molar-refractivity contribution in [3.8, 4) is 0 Å². The lowest BCUT2D eigenvalue weighted by molar-refractivity contribution is -0.120. The Labute approximate surface area is 116 Å². The number of pyridine rings is 1. The average molecular weight is 265 g/mol. The molecule has 0 radical (unpaired) electrons. The fourth-order valence-corrected chi connectivity index (χ4v) is 2.20. The molecule has 20 heavy (non-hydrogen) atoms. The van der Waals surface area contributed by atoms with E-state index in [0.717, 1.165) is 22.2 Å². The van der Waals surface area contributed by atoms with Crippen LogP contribution in [0.5, 0.6) is 0 Å². The van der Waals surface area contributed by atoms with Crippen molar-refractivity contribution in [1.29, 1.82) is 0 Å². The molecular formula is C16H15N3O. The second-order valence-corrected chi connectivity index (χ2v) is 4.65. The van der Waals surface area contributed by atoms with Crippen LogP contribution in [0.2, 0.25) is 0 Å². The Morgan fingerprint density at radius 1 is 1.15 bits per heavy atom. The normalized spacial score (nSPS) is 10.6. The average Bonchev–Trinajstić information content (AvgIpc) is 2.89. The first-order valence-electron chi connectivity index (χ1n) is 6.54. The van der Waals surface area contributed by atoms with Gasteiger partial charge in [0.1, 0.15) is 5.65 Å². The van der Waals surface area contributed by atoms with E-state index < -0.39 is 0 Å². The zero-order valence-electron chi connectivity index (χ0n) is 11.0. The molecule has 0 bridgehead atoms. The molecule has 1 amide bonds. The monoisotopic (exact) mass is 265 g/mol. The van der Waals surface area contributed by atoms with Crippen LogP contribution in [0, 0.1) is 0 Å². The van der Waals surface area contributed by atoms with E-state index in [1.54, 1.807) is 6.20 Å². The van der Waals surface area contributed by atoms with Gasteiger partial charge in [0.15, 0.2) is 0 Å². The maximum absolute atomic E-state index is 11.9. The van der Waals surface area contributed by atoms with Crippen molar-refractivity contribution < 1.29 is 4.79 Å². The van der Waals surface area contributed by atoms with E-state index in [4.69, 9.17) is 0 Å². The third kappa shape index (κ3) is 2.69. The van der Waals surface area contributed by atoms with Gasteiger partial charge in [-0.25, -0.2) is 4.98 Å². The molecule has 4 nitrogen and oxygen atoms in total. The van der Waals surface area contributed by atoms with E-state index in [1.165, 1.54) is 0 Å². The molecule has 0 aliphatic carbocycles. The summed E-state index contributed by atoms with van der Waals surface area (Å²) in [7, 11) is 0. The molecule has 0 spiro atoms. The Morgan fingerprint density at radius 3 is 2.85 bits per heavy atom. The van der Waals surface area contributed by atoms with Gasteiger partial charge in [0.2, 0.25) is 5.91 Å². The van der Waals surface area contributed by atoms with Crippen molar-refractivity contribution in [2.45, 2.75) is 13.0 Å². The number of amides is 1. The maximum atomic E-state index is 11.9. The van der Waals surface area contributed by atoms with Gasteiger partial charge in [-0.1, -0.05) is 30.3 Å². The summed E-state index contributed by atoms with van der Waals surface area (Å²) >= 11 is 0. The minimum Gasteiger partial charge on any atom is -0.352 e. The van der Waals surface area contributed by atoms with Gasteiger partial charge >= 0.3 is 0 Å². The Morgan fingerprint density at radius 2 is 2.00 bits per heavy atom. The molecular weight excluding hydrogens is 250 g/mol. The highest BCUT2D eigenvalue weighted by Gasteiger charge is 2.06. The second-order valence-electron chi connectivity index (χ2n) is 4.65. The SMILES string of the molecule is O=C(Cc1ccccc1)NCc1c[nH]c2ncccc12. The number of hydrogen-bond donors (Lipinski definition) is 2. The van der Waals surface area contributed by atoms with E-state index in [0.29, 0.717) is 13.0 Å². The molecule has 3 aromatic rings. The molecule has 3 rings (SSSR count). The Bertz CT molecular complexity index is 719. The molecule has 0 aliphatic rings. The second kappa shape index (κ2) is 5.57. The Balaban J connectivity index is 1.63. The number of aromatic amines is 1. The molecule has 4 heteroatoms. The van der Waals surface area contributed by atoms with Crippen LogP contribution in [0.4, 0.5) is 0 Å². The summed E-state index contributed by atoms with van der Waals surface area (Å²) in [6.45, 7) is 0.511. The van der Waals surface area contributed by atoms with Gasteiger partial charge in [-0.15, -0.1) is 0 Å². The van der Waals surface area contributed by atoms with Gasteiger partial charge in [-0.3, -0.25) is 4.79 Å². The third-order valence-electron chi connectivity index (χ3n) is 3.22. The summed E-state index contributed by atoms with van der Waals surface area (Å²) in [5.41, 5.74) is 2.92. The fraction of sp³-hybridized carbons (Fsp3) is 0.125. The van der Waals surface area contributed by atoms with Crippen molar-refractivity contribution in [1.82, 2.24) is 15.3 Å². The van der Waals surface area contributed by atoms with Crippen LogP contribution in [0.15, 0.2) is 54.9 Å². The van der Waals surface area contributed by atoms with Gasteiger partial charge < -0.3 is 10.3 Å². The molecule has 0 aliphatic heterocycles. The van der Waals surface area contributed by atoms with Crippen LogP contribution in [0.3, 0.4) is 0 Å². The topological polar surface area (TPSA) is 57.8 Å². The summed E-state index contributed by atoms with van der Waals surface area (Å²) in [6, 6.07) is 13.6. The van der Waals surface area contributed by atoms with E-state index in [2.05, 4.69) is 15.3 Å². The predicted octanol–water partition coefficient (Wildman–Crippen LogP) is 2.42. The first-order valence-corrected chi connectivity index (χ1v) is 6.54. The van der Waals surface area contributed by atoms with E-state index >= 15 is 0 Å². The molecule has 2 N–H and O–H groups in total. The molecule has 0 saturated carbocycles. The molecule has 2 heterocycles. The number of carbonyl (C=O) groups excluding carboxylic acids is 1. The molecule has 0 fully saturated rings. The molecule has 1 aromatic carbocycles. The van der Waals surface area contributed by atoms with Gasteiger partial charge in [-0.2, -0.15) is 0 Å². The first-order chi connectivity index (χ1) is 9.83. The lowest BCUT2D eigenvalue weighted by atomic mass is 10.1. The summed E-state index contributed by atoms with van der Waals surface area (Å²) in [6.07, 6.45) is 4.04. The molecule has 0 unspecified atom stereocenters. The number of hydrogen-bond acceptors (Lipinski definition) is 2. The van der Waals surface area contributed by atoms with Crippen molar-refractivity contribution in [2.75, 3.05) is 0 Å². The first kappa shape index (κ1) is 12.4. The number of aromatic nitrogens is 2. The Hall–Kier alpha value is -2.62. The number of fused-ring (bicyclic) bond motifs is 1. The highest BCUT2D eigenvalue weighted by atomic mass is 16.1. The number of benzene rings is 1. The number of H-pyrrole nitrogens is 1. The standard InChI is InChI=1S/C16H15N3O/c20-15(9-12-5-2-1-3-6-12)18-10-13-11-19-16-14(13)7-4-8-17-16/h1-8,11H,9-10H2,(H,17,19)(H,18,20). The minimum absolute atomic E-state index is 0.0226. The van der Waals surface area contributed by atoms with Gasteiger partial charge in [0.25, 0.3) is 0 Å². The van der Waals surface area contributed by atoms with Crippen molar-refractivity contribution >= 4 is 16.9 Å². The number of carbonyl (C=O) groups is 1. The predicted molar refractivity (Wildman–Crippen MR) is 78.1 cm³/mol. The van der Waals surface area contributed by atoms with Crippen LogP contribution >= 0.6 is 0 Å². The highest BCUT2D eigenvalue weighted by Crippen LogP contribution is 2.15. The van der Waals surface area contributed by atoms with Crippen LogP contribution in [-0.4, -0.2) is 15.9 Å². The third-order valence-corrected chi connectivity index (χ3v) is 3.22. The summed E-state index contributed by atoms with van der Waals surface area (Å²) in [5.74, 6) is 0.0226. The number of nitrogens with one attached hydrogen (secondary N) is 2. The molecule has 0 saturated heterocycles. The van der Waals surface area contributed by atoms with Crippen LogP contribution in [-0.2, 0) is 17.8 Å².